The fraction of sp³-hybridized carbons (Fsp3) is 0.235. The van der Waals surface area contributed by atoms with Crippen molar-refractivity contribution in [1.82, 2.24) is 0 Å². The number of nitrogens with zero attached hydrogens (tertiary/aromatic N) is 1. The molecule has 5 nitrogen and oxygen atoms in total. The Morgan fingerprint density at radius 2 is 1.81 bits per heavy atom. The molecule has 0 heterocycles. The van der Waals surface area contributed by atoms with Gasteiger partial charge in [-0.25, -0.2) is 12.8 Å². The molecule has 0 unspecified atom stereocenters. The Balaban J connectivity index is 2.44. The van der Waals surface area contributed by atoms with Gasteiger partial charge < -0.3 is 5.73 Å². The molecule has 2 rings (SSSR count). The fourth-order valence-corrected chi connectivity index (χ4v) is 3.23. The lowest BCUT2D eigenvalue weighted by Gasteiger charge is -2.23. The second kappa shape index (κ2) is 7.65. The van der Waals surface area contributed by atoms with E-state index >= 15 is 0 Å². The van der Waals surface area contributed by atoms with E-state index in [1.54, 1.807) is 0 Å². The molecule has 0 aliphatic carbocycles. The molecule has 2 aromatic rings. The van der Waals surface area contributed by atoms with Crippen LogP contribution in [0.25, 0.3) is 0 Å². The van der Waals surface area contributed by atoms with Crippen LogP contribution < -0.4 is 10.0 Å². The van der Waals surface area contributed by atoms with Gasteiger partial charge in [-0.2, -0.15) is 13.2 Å². The third-order valence-corrected chi connectivity index (χ3v) is 4.88. The van der Waals surface area contributed by atoms with Crippen molar-refractivity contribution >= 4 is 21.5 Å². The van der Waals surface area contributed by atoms with Gasteiger partial charge in [0.2, 0.25) is 10.0 Å². The lowest BCUT2D eigenvalue weighted by molar-refractivity contribution is -0.137. The molecule has 0 aromatic heterocycles. The van der Waals surface area contributed by atoms with Gasteiger partial charge in [-0.15, -0.1) is 0 Å². The first-order chi connectivity index (χ1) is 12.4. The maximum absolute atomic E-state index is 14.3. The van der Waals surface area contributed by atoms with Crippen molar-refractivity contribution < 1.29 is 30.8 Å². The molecule has 27 heavy (non-hydrogen) atoms. The Kier molecular flexibility index (Phi) is 5.91. The molecule has 0 aliphatic heterocycles. The van der Waals surface area contributed by atoms with Gasteiger partial charge in [0, 0.05) is 11.1 Å². The van der Waals surface area contributed by atoms with Crippen LogP contribution in [0.1, 0.15) is 21.5 Å². The van der Waals surface area contributed by atoms with E-state index in [1.807, 2.05) is 0 Å². The van der Waals surface area contributed by atoms with Crippen molar-refractivity contribution in [3.8, 4) is 0 Å². The van der Waals surface area contributed by atoms with E-state index in [-0.39, 0.29) is 23.4 Å². The second-order valence-electron chi connectivity index (χ2n) is 5.75. The number of alkyl halides is 3. The number of hydrogen-bond acceptors (Lipinski definition) is 4. The van der Waals surface area contributed by atoms with Crippen LogP contribution in [0.2, 0.25) is 0 Å². The average molecular weight is 404 g/mol. The van der Waals surface area contributed by atoms with Crippen LogP contribution in [-0.4, -0.2) is 27.0 Å². The summed E-state index contributed by atoms with van der Waals surface area (Å²) in [4.78, 5) is 11.5. The highest BCUT2D eigenvalue weighted by atomic mass is 32.2. The summed E-state index contributed by atoms with van der Waals surface area (Å²) >= 11 is 0. The molecule has 0 amide bonds. The molecule has 0 saturated carbocycles. The Morgan fingerprint density at radius 3 is 2.33 bits per heavy atom. The standard InChI is InChI=1S/C17H16F4N2O3S/c1-27(25,26)23(14-4-2-3-13(8-14)17(19,20)21)10-12-6-5-11(7-15(12)18)16(24)9-22/h2-8H,9-10,22H2,1H3. The number of anilines is 1. The summed E-state index contributed by atoms with van der Waals surface area (Å²) in [5.74, 6) is -1.37. The van der Waals surface area contributed by atoms with Crippen LogP contribution >= 0.6 is 0 Å². The van der Waals surface area contributed by atoms with E-state index in [9.17, 15) is 30.8 Å². The molecule has 0 atom stereocenters. The SMILES string of the molecule is CS(=O)(=O)N(Cc1ccc(C(=O)CN)cc1F)c1cccc(C(F)(F)F)c1. The number of nitrogens with two attached hydrogens (primary N) is 1. The molecule has 2 aromatic carbocycles. The number of ketones is 1. The van der Waals surface area contributed by atoms with Crippen molar-refractivity contribution in [3.05, 3.63) is 65.0 Å². The zero-order valence-electron chi connectivity index (χ0n) is 14.1. The zero-order valence-corrected chi connectivity index (χ0v) is 14.9. The first-order valence-electron chi connectivity index (χ1n) is 7.60. The monoisotopic (exact) mass is 404 g/mol. The summed E-state index contributed by atoms with van der Waals surface area (Å²) in [6.45, 7) is -0.860. The predicted molar refractivity (Wildman–Crippen MR) is 92.3 cm³/mol. The molecule has 0 fully saturated rings. The predicted octanol–water partition coefficient (Wildman–Crippen LogP) is 2.95. The van der Waals surface area contributed by atoms with E-state index in [0.29, 0.717) is 10.4 Å². The topological polar surface area (TPSA) is 80.5 Å². The molecule has 2 N–H and O–H groups in total. The van der Waals surface area contributed by atoms with Crippen LogP contribution in [0.3, 0.4) is 0 Å². The lowest BCUT2D eigenvalue weighted by Crippen LogP contribution is -2.30. The van der Waals surface area contributed by atoms with E-state index < -0.39 is 39.9 Å². The molecule has 0 saturated heterocycles. The zero-order chi connectivity index (χ0) is 20.4. The Bertz CT molecular complexity index is 959. The minimum absolute atomic E-state index is 0.0173. The third-order valence-electron chi connectivity index (χ3n) is 3.74. The number of sulfonamides is 1. The minimum Gasteiger partial charge on any atom is -0.324 e. The number of Topliss-reactive ketones (excluding diaryl/α,β-unsaturated/α-hetero) is 1. The maximum Gasteiger partial charge on any atom is 0.416 e. The number of halogens is 4. The van der Waals surface area contributed by atoms with Gasteiger partial charge in [0.15, 0.2) is 5.78 Å². The first kappa shape index (κ1) is 20.8. The molecule has 0 aliphatic rings. The van der Waals surface area contributed by atoms with Gasteiger partial charge in [-0.3, -0.25) is 9.10 Å². The Labute approximate surface area is 153 Å². The van der Waals surface area contributed by atoms with Crippen molar-refractivity contribution in [3.63, 3.8) is 0 Å². The van der Waals surface area contributed by atoms with Crippen molar-refractivity contribution in [2.45, 2.75) is 12.7 Å². The van der Waals surface area contributed by atoms with Crippen LogP contribution in [-0.2, 0) is 22.7 Å². The summed E-state index contributed by atoms with van der Waals surface area (Å²) in [6, 6.07) is 7.11. The van der Waals surface area contributed by atoms with E-state index in [0.717, 1.165) is 24.5 Å². The number of benzene rings is 2. The largest absolute Gasteiger partial charge is 0.416 e. The fourth-order valence-electron chi connectivity index (χ4n) is 2.36. The number of carbonyl (C=O) groups excluding carboxylic acids is 1. The molecule has 10 heteroatoms. The van der Waals surface area contributed by atoms with Gasteiger partial charge in [-0.05, 0) is 24.3 Å². The molecular weight excluding hydrogens is 388 g/mol. The summed E-state index contributed by atoms with van der Waals surface area (Å²) in [6.07, 6.45) is -3.86. The van der Waals surface area contributed by atoms with Crippen LogP contribution in [0.5, 0.6) is 0 Å². The highest BCUT2D eigenvalue weighted by Gasteiger charge is 2.31. The summed E-state index contributed by atoms with van der Waals surface area (Å²) < 4.78 is 77.8. The maximum atomic E-state index is 14.3. The van der Waals surface area contributed by atoms with Gasteiger partial charge in [-0.1, -0.05) is 18.2 Å². The minimum atomic E-state index is -4.66. The highest BCUT2D eigenvalue weighted by Crippen LogP contribution is 2.32. The summed E-state index contributed by atoms with van der Waals surface area (Å²) in [7, 11) is -4.01. The number of rotatable bonds is 6. The van der Waals surface area contributed by atoms with E-state index in [1.165, 1.54) is 18.2 Å². The van der Waals surface area contributed by atoms with E-state index in [2.05, 4.69) is 0 Å². The number of hydrogen-bond donors (Lipinski definition) is 1. The van der Waals surface area contributed by atoms with Crippen LogP contribution in [0.15, 0.2) is 42.5 Å². The average Bonchev–Trinajstić information content (AvgIpc) is 2.58. The summed E-state index contributed by atoms with van der Waals surface area (Å²) in [5.41, 5.74) is 3.83. The molecular formula is C17H16F4N2O3S. The smallest absolute Gasteiger partial charge is 0.324 e. The number of carbonyl (C=O) groups is 1. The first-order valence-corrected chi connectivity index (χ1v) is 9.45. The lowest BCUT2D eigenvalue weighted by atomic mass is 10.1. The molecule has 146 valence electrons. The van der Waals surface area contributed by atoms with E-state index in [4.69, 9.17) is 5.73 Å². The van der Waals surface area contributed by atoms with Crippen molar-refractivity contribution in [2.24, 2.45) is 5.73 Å². The molecule has 0 spiro atoms. The van der Waals surface area contributed by atoms with Gasteiger partial charge >= 0.3 is 6.18 Å². The van der Waals surface area contributed by atoms with Gasteiger partial charge in [0.05, 0.1) is 30.6 Å². The highest BCUT2D eigenvalue weighted by molar-refractivity contribution is 7.92. The third kappa shape index (κ3) is 5.04. The Morgan fingerprint density at radius 1 is 1.15 bits per heavy atom. The quantitative estimate of drug-likeness (QED) is 0.593. The Hall–Kier alpha value is -2.46. The molecule has 0 bridgehead atoms. The van der Waals surface area contributed by atoms with Crippen LogP contribution in [0.4, 0.5) is 23.2 Å². The van der Waals surface area contributed by atoms with Crippen molar-refractivity contribution in [2.75, 3.05) is 17.1 Å². The van der Waals surface area contributed by atoms with Crippen LogP contribution in [0, 0.1) is 5.82 Å². The molecule has 0 radical (unpaired) electrons. The van der Waals surface area contributed by atoms with Gasteiger partial charge in [0.25, 0.3) is 0 Å². The second-order valence-corrected chi connectivity index (χ2v) is 7.66. The summed E-state index contributed by atoms with van der Waals surface area (Å²) in [5, 5.41) is 0. The normalized spacial score (nSPS) is 12.1. The van der Waals surface area contributed by atoms with Crippen molar-refractivity contribution in [1.29, 1.82) is 0 Å². The van der Waals surface area contributed by atoms with Gasteiger partial charge in [0.1, 0.15) is 5.82 Å².